The molecule has 0 spiro atoms. The molecule has 2 heterocycles. The summed E-state index contributed by atoms with van der Waals surface area (Å²) in [4.78, 5) is 11.9. The van der Waals surface area contributed by atoms with Gasteiger partial charge in [-0.15, -0.1) is 0 Å². The predicted octanol–water partition coefficient (Wildman–Crippen LogP) is 1.17. The van der Waals surface area contributed by atoms with Crippen molar-refractivity contribution in [3.8, 4) is 0 Å². The second-order valence-electron chi connectivity index (χ2n) is 4.91. The van der Waals surface area contributed by atoms with E-state index in [-0.39, 0.29) is 11.9 Å². The quantitative estimate of drug-likeness (QED) is 0.849. The van der Waals surface area contributed by atoms with Crippen molar-refractivity contribution in [1.29, 1.82) is 0 Å². The summed E-state index contributed by atoms with van der Waals surface area (Å²) in [5.41, 5.74) is 1.28. The second-order valence-corrected chi connectivity index (χ2v) is 4.91. The van der Waals surface area contributed by atoms with Crippen LogP contribution in [0.15, 0.2) is 30.3 Å². The lowest BCUT2D eigenvalue weighted by atomic mass is 10.0. The lowest BCUT2D eigenvalue weighted by molar-refractivity contribution is -0.149. The van der Waals surface area contributed by atoms with Crippen LogP contribution in [0.3, 0.4) is 0 Å². The molecule has 2 saturated heterocycles. The Morgan fingerprint density at radius 2 is 2.00 bits per heavy atom. The maximum Gasteiger partial charge on any atom is 0.236 e. The van der Waals surface area contributed by atoms with Crippen LogP contribution in [-0.4, -0.2) is 42.1 Å². The van der Waals surface area contributed by atoms with E-state index >= 15 is 0 Å². The fourth-order valence-corrected chi connectivity index (χ4v) is 2.85. The van der Waals surface area contributed by atoms with Crippen LogP contribution in [-0.2, 0) is 4.79 Å². The predicted molar refractivity (Wildman–Crippen MR) is 69.7 cm³/mol. The minimum Gasteiger partial charge on any atom is -0.313 e. The van der Waals surface area contributed by atoms with Crippen molar-refractivity contribution < 1.29 is 4.79 Å². The molecule has 3 rings (SSSR count). The molecular formula is C14H19N3O. The molecule has 0 aliphatic carbocycles. The molecule has 1 amide bonds. The lowest BCUT2D eigenvalue weighted by Crippen LogP contribution is -2.54. The fraction of sp³-hybridized carbons (Fsp3) is 0.500. The Kier molecular flexibility index (Phi) is 3.30. The molecule has 1 atom stereocenters. The van der Waals surface area contributed by atoms with Crippen LogP contribution >= 0.6 is 0 Å². The molecule has 2 fully saturated rings. The first-order valence-electron chi connectivity index (χ1n) is 6.69. The number of hydrogen-bond donors (Lipinski definition) is 1. The number of benzene rings is 1. The van der Waals surface area contributed by atoms with Crippen LogP contribution in [0, 0.1) is 0 Å². The average molecular weight is 245 g/mol. The third-order valence-electron chi connectivity index (χ3n) is 3.76. The maximum atomic E-state index is 11.9. The van der Waals surface area contributed by atoms with Crippen LogP contribution in [0.5, 0.6) is 0 Å². The van der Waals surface area contributed by atoms with Gasteiger partial charge in [0, 0.05) is 32.6 Å². The van der Waals surface area contributed by atoms with Gasteiger partial charge in [0.1, 0.15) is 0 Å². The summed E-state index contributed by atoms with van der Waals surface area (Å²) in [6.45, 7) is 3.65. The van der Waals surface area contributed by atoms with Gasteiger partial charge in [0.15, 0.2) is 0 Å². The number of hydrazine groups is 1. The van der Waals surface area contributed by atoms with E-state index in [0.717, 1.165) is 32.6 Å². The van der Waals surface area contributed by atoms with Crippen molar-refractivity contribution in [2.45, 2.75) is 18.9 Å². The maximum absolute atomic E-state index is 11.9. The molecule has 1 aromatic rings. The van der Waals surface area contributed by atoms with Crippen LogP contribution in [0.25, 0.3) is 0 Å². The van der Waals surface area contributed by atoms with Gasteiger partial charge < -0.3 is 5.32 Å². The Hall–Kier alpha value is -1.39. The van der Waals surface area contributed by atoms with Gasteiger partial charge in [-0.3, -0.25) is 9.80 Å². The zero-order chi connectivity index (χ0) is 12.4. The number of hydrogen-bond acceptors (Lipinski definition) is 3. The molecule has 18 heavy (non-hydrogen) atoms. The summed E-state index contributed by atoms with van der Waals surface area (Å²) in [7, 11) is 0. The normalized spacial score (nSPS) is 25.7. The summed E-state index contributed by atoms with van der Waals surface area (Å²) in [5.74, 6) is 0.276. The number of amides is 1. The first-order chi connectivity index (χ1) is 8.86. The van der Waals surface area contributed by atoms with Gasteiger partial charge in [0.25, 0.3) is 0 Å². The van der Waals surface area contributed by atoms with Gasteiger partial charge in [0.2, 0.25) is 5.91 Å². The molecule has 0 aromatic heterocycles. The van der Waals surface area contributed by atoms with Gasteiger partial charge in [-0.25, -0.2) is 5.01 Å². The molecular weight excluding hydrogens is 226 g/mol. The Balaban J connectivity index is 1.84. The van der Waals surface area contributed by atoms with Crippen LogP contribution in [0.2, 0.25) is 0 Å². The van der Waals surface area contributed by atoms with Crippen LogP contribution in [0.4, 0.5) is 0 Å². The molecule has 4 nitrogen and oxygen atoms in total. The molecule has 1 N–H and O–H groups in total. The third-order valence-corrected chi connectivity index (χ3v) is 3.76. The van der Waals surface area contributed by atoms with Crippen LogP contribution < -0.4 is 5.32 Å². The van der Waals surface area contributed by atoms with Crippen molar-refractivity contribution in [3.05, 3.63) is 35.9 Å². The second kappa shape index (κ2) is 5.08. The first-order valence-corrected chi connectivity index (χ1v) is 6.69. The zero-order valence-electron chi connectivity index (χ0n) is 10.5. The monoisotopic (exact) mass is 245 g/mol. The number of nitrogens with one attached hydrogen (secondary N) is 1. The number of nitrogens with zero attached hydrogens (tertiary/aromatic N) is 2. The largest absolute Gasteiger partial charge is 0.313 e. The van der Waals surface area contributed by atoms with E-state index in [2.05, 4.69) is 34.6 Å². The molecule has 1 aromatic carbocycles. The smallest absolute Gasteiger partial charge is 0.236 e. The molecule has 0 bridgehead atoms. The minimum atomic E-state index is 0.276. The topological polar surface area (TPSA) is 35.6 Å². The van der Waals surface area contributed by atoms with E-state index < -0.39 is 0 Å². The van der Waals surface area contributed by atoms with Gasteiger partial charge >= 0.3 is 0 Å². The van der Waals surface area contributed by atoms with E-state index in [1.807, 2.05) is 11.1 Å². The highest BCUT2D eigenvalue weighted by atomic mass is 16.2. The molecule has 0 radical (unpaired) electrons. The van der Waals surface area contributed by atoms with Gasteiger partial charge in [-0.1, -0.05) is 30.3 Å². The first kappa shape index (κ1) is 11.7. The molecule has 2 aliphatic heterocycles. The number of carbonyl (C=O) groups is 1. The number of carbonyl (C=O) groups excluding carboxylic acids is 1. The Bertz CT molecular complexity index is 420. The molecule has 4 heteroatoms. The van der Waals surface area contributed by atoms with Crippen molar-refractivity contribution in [1.82, 2.24) is 15.3 Å². The summed E-state index contributed by atoms with van der Waals surface area (Å²) in [6, 6.07) is 10.7. The summed E-state index contributed by atoms with van der Waals surface area (Å²) in [5, 5.41) is 7.63. The van der Waals surface area contributed by atoms with E-state index in [0.29, 0.717) is 6.42 Å². The highest BCUT2D eigenvalue weighted by Crippen LogP contribution is 2.26. The molecule has 96 valence electrons. The third kappa shape index (κ3) is 2.13. The molecule has 0 unspecified atom stereocenters. The highest BCUT2D eigenvalue weighted by molar-refractivity contribution is 5.77. The number of rotatable bonds is 2. The van der Waals surface area contributed by atoms with E-state index in [1.54, 1.807) is 0 Å². The number of piperazine rings is 1. The van der Waals surface area contributed by atoms with Crippen molar-refractivity contribution in [3.63, 3.8) is 0 Å². The van der Waals surface area contributed by atoms with Gasteiger partial charge in [-0.2, -0.15) is 0 Å². The van der Waals surface area contributed by atoms with E-state index in [4.69, 9.17) is 0 Å². The SMILES string of the molecule is O=C1CCCN1N1CCNC[C@@H]1c1ccccc1. The van der Waals surface area contributed by atoms with Crippen molar-refractivity contribution in [2.75, 3.05) is 26.2 Å². The Morgan fingerprint density at radius 3 is 2.72 bits per heavy atom. The highest BCUT2D eigenvalue weighted by Gasteiger charge is 2.33. The van der Waals surface area contributed by atoms with Crippen LogP contribution in [0.1, 0.15) is 24.4 Å². The Morgan fingerprint density at radius 1 is 1.17 bits per heavy atom. The van der Waals surface area contributed by atoms with Gasteiger partial charge in [0.05, 0.1) is 6.04 Å². The summed E-state index contributed by atoms with van der Waals surface area (Å²) < 4.78 is 0. The summed E-state index contributed by atoms with van der Waals surface area (Å²) in [6.07, 6.45) is 1.69. The van der Waals surface area contributed by atoms with E-state index in [1.165, 1.54) is 5.56 Å². The summed E-state index contributed by atoms with van der Waals surface area (Å²) >= 11 is 0. The standard InChI is InChI=1S/C14H19N3O/c18-14-7-4-9-17(14)16-10-8-15-11-13(16)12-5-2-1-3-6-12/h1-3,5-6,13,15H,4,7-11H2/t13-/m1/s1. The Labute approximate surface area is 108 Å². The van der Waals surface area contributed by atoms with Crippen molar-refractivity contribution >= 4 is 5.91 Å². The molecule has 0 saturated carbocycles. The fourth-order valence-electron chi connectivity index (χ4n) is 2.85. The zero-order valence-corrected chi connectivity index (χ0v) is 10.5. The molecule has 2 aliphatic rings. The average Bonchev–Trinajstić information content (AvgIpc) is 2.86. The minimum absolute atomic E-state index is 0.276. The van der Waals surface area contributed by atoms with E-state index in [9.17, 15) is 4.79 Å². The lowest BCUT2D eigenvalue weighted by Gasteiger charge is -2.41. The van der Waals surface area contributed by atoms with Gasteiger partial charge in [-0.05, 0) is 12.0 Å². The van der Waals surface area contributed by atoms with Crippen molar-refractivity contribution in [2.24, 2.45) is 0 Å².